The first-order valence-corrected chi connectivity index (χ1v) is 9.36. The highest BCUT2D eigenvalue weighted by Crippen LogP contribution is 2.30. The maximum absolute atomic E-state index is 11.8. The molecule has 2 aromatic carbocycles. The van der Waals surface area contributed by atoms with E-state index in [1.807, 2.05) is 23.3 Å². The van der Waals surface area contributed by atoms with Gasteiger partial charge in [0.15, 0.2) is 0 Å². The molecule has 23 heavy (non-hydrogen) atoms. The van der Waals surface area contributed by atoms with Gasteiger partial charge in [0.25, 0.3) is 0 Å². The second-order valence-electron chi connectivity index (χ2n) is 5.74. The van der Waals surface area contributed by atoms with Crippen LogP contribution in [0.25, 0.3) is 10.9 Å². The van der Waals surface area contributed by atoms with Crippen LogP contribution in [0, 0.1) is 0 Å². The molecule has 0 aliphatic heterocycles. The SMILES string of the molecule is CNCCC(c1ccccc1)c1ccc2c(ccn2S(C)=O)c1. The number of rotatable bonds is 6. The Balaban J connectivity index is 2.02. The Morgan fingerprint density at radius 1 is 1.09 bits per heavy atom. The molecule has 0 aliphatic rings. The number of nitrogens with zero attached hydrogens (tertiary/aromatic N) is 1. The summed E-state index contributed by atoms with van der Waals surface area (Å²) in [6.07, 6.45) is 4.65. The van der Waals surface area contributed by atoms with E-state index < -0.39 is 11.0 Å². The average molecular weight is 326 g/mol. The van der Waals surface area contributed by atoms with Crippen LogP contribution in [0.1, 0.15) is 23.5 Å². The Hall–Kier alpha value is -1.91. The molecule has 1 heterocycles. The van der Waals surface area contributed by atoms with Gasteiger partial charge in [-0.1, -0.05) is 36.4 Å². The van der Waals surface area contributed by atoms with Gasteiger partial charge in [0.2, 0.25) is 0 Å². The molecule has 3 nitrogen and oxygen atoms in total. The maximum atomic E-state index is 11.8. The van der Waals surface area contributed by atoms with Gasteiger partial charge in [-0.3, -0.25) is 3.97 Å². The number of benzene rings is 2. The Morgan fingerprint density at radius 3 is 2.57 bits per heavy atom. The minimum Gasteiger partial charge on any atom is -0.320 e. The third kappa shape index (κ3) is 3.38. The summed E-state index contributed by atoms with van der Waals surface area (Å²) in [6, 6.07) is 19.1. The normalized spacial score (nSPS) is 14.0. The third-order valence-corrected chi connectivity index (χ3v) is 5.12. The van der Waals surface area contributed by atoms with Gasteiger partial charge in [-0.2, -0.15) is 0 Å². The number of hydrogen-bond acceptors (Lipinski definition) is 2. The molecule has 1 aromatic heterocycles. The van der Waals surface area contributed by atoms with Crippen molar-refractivity contribution in [1.82, 2.24) is 9.29 Å². The van der Waals surface area contributed by atoms with E-state index in [0.29, 0.717) is 5.92 Å². The van der Waals surface area contributed by atoms with Gasteiger partial charge in [0, 0.05) is 23.8 Å². The molecule has 0 spiro atoms. The van der Waals surface area contributed by atoms with Crippen molar-refractivity contribution in [3.63, 3.8) is 0 Å². The lowest BCUT2D eigenvalue weighted by molar-refractivity contribution is 0.662. The van der Waals surface area contributed by atoms with Crippen molar-refractivity contribution in [2.45, 2.75) is 12.3 Å². The number of fused-ring (bicyclic) bond motifs is 1. The summed E-state index contributed by atoms with van der Waals surface area (Å²) in [7, 11) is 0.964. The van der Waals surface area contributed by atoms with E-state index in [1.54, 1.807) is 6.26 Å². The maximum Gasteiger partial charge on any atom is 0.120 e. The number of nitrogens with one attached hydrogen (secondary N) is 1. The molecule has 120 valence electrons. The van der Waals surface area contributed by atoms with Crippen LogP contribution < -0.4 is 5.32 Å². The van der Waals surface area contributed by atoms with Crippen molar-refractivity contribution in [3.05, 3.63) is 71.9 Å². The van der Waals surface area contributed by atoms with E-state index in [0.717, 1.165) is 23.9 Å². The van der Waals surface area contributed by atoms with Crippen molar-refractivity contribution < 1.29 is 4.21 Å². The lowest BCUT2D eigenvalue weighted by atomic mass is 9.88. The van der Waals surface area contributed by atoms with Gasteiger partial charge in [-0.25, -0.2) is 4.21 Å². The van der Waals surface area contributed by atoms with Crippen LogP contribution >= 0.6 is 0 Å². The minimum absolute atomic E-state index is 0.364. The zero-order valence-corrected chi connectivity index (χ0v) is 14.3. The second-order valence-corrected chi connectivity index (χ2v) is 6.98. The van der Waals surface area contributed by atoms with Crippen LogP contribution in [-0.4, -0.2) is 28.0 Å². The number of aromatic nitrogens is 1. The first-order chi connectivity index (χ1) is 11.2. The van der Waals surface area contributed by atoms with Gasteiger partial charge in [0.1, 0.15) is 11.0 Å². The first-order valence-electron chi connectivity index (χ1n) is 7.85. The summed E-state index contributed by atoms with van der Waals surface area (Å²) < 4.78 is 13.6. The third-order valence-electron chi connectivity index (χ3n) is 4.24. The zero-order valence-electron chi connectivity index (χ0n) is 13.5. The molecule has 1 N–H and O–H groups in total. The fraction of sp³-hybridized carbons (Fsp3) is 0.263. The molecule has 0 aliphatic carbocycles. The molecule has 2 atom stereocenters. The second kappa shape index (κ2) is 7.11. The summed E-state index contributed by atoms with van der Waals surface area (Å²) in [5.74, 6) is 0.364. The lowest BCUT2D eigenvalue weighted by Gasteiger charge is -2.18. The monoisotopic (exact) mass is 326 g/mol. The highest BCUT2D eigenvalue weighted by molar-refractivity contribution is 7.82. The van der Waals surface area contributed by atoms with Crippen molar-refractivity contribution >= 4 is 21.9 Å². The Morgan fingerprint density at radius 2 is 1.87 bits per heavy atom. The molecule has 3 aromatic rings. The van der Waals surface area contributed by atoms with Crippen LogP contribution in [0.5, 0.6) is 0 Å². The summed E-state index contributed by atoms with van der Waals surface area (Å²) in [5, 5.41) is 4.39. The van der Waals surface area contributed by atoms with Gasteiger partial charge >= 0.3 is 0 Å². The summed E-state index contributed by atoms with van der Waals surface area (Å²) in [5.41, 5.74) is 3.66. The van der Waals surface area contributed by atoms with Crippen LogP contribution in [0.3, 0.4) is 0 Å². The zero-order chi connectivity index (χ0) is 16.2. The fourth-order valence-electron chi connectivity index (χ4n) is 3.08. The molecule has 2 unspecified atom stereocenters. The van der Waals surface area contributed by atoms with E-state index in [2.05, 4.69) is 53.8 Å². The summed E-state index contributed by atoms with van der Waals surface area (Å²) in [6.45, 7) is 0.970. The van der Waals surface area contributed by atoms with E-state index in [4.69, 9.17) is 0 Å². The van der Waals surface area contributed by atoms with Gasteiger partial charge in [-0.05, 0) is 49.3 Å². The van der Waals surface area contributed by atoms with Crippen molar-refractivity contribution in [1.29, 1.82) is 0 Å². The highest BCUT2D eigenvalue weighted by Gasteiger charge is 2.15. The van der Waals surface area contributed by atoms with E-state index in [-0.39, 0.29) is 0 Å². The van der Waals surface area contributed by atoms with Crippen LogP contribution in [0.4, 0.5) is 0 Å². The smallest absolute Gasteiger partial charge is 0.120 e. The van der Waals surface area contributed by atoms with E-state index >= 15 is 0 Å². The molecule has 0 amide bonds. The molecule has 0 saturated carbocycles. The van der Waals surface area contributed by atoms with Gasteiger partial charge in [0.05, 0.1) is 5.52 Å². The van der Waals surface area contributed by atoms with Crippen LogP contribution in [-0.2, 0) is 11.0 Å². The number of hydrogen-bond donors (Lipinski definition) is 1. The molecule has 0 saturated heterocycles. The van der Waals surface area contributed by atoms with Gasteiger partial charge in [-0.15, -0.1) is 0 Å². The van der Waals surface area contributed by atoms with Crippen molar-refractivity contribution in [2.24, 2.45) is 0 Å². The fourth-order valence-corrected chi connectivity index (χ4v) is 3.75. The Kier molecular flexibility index (Phi) is 4.94. The molecule has 0 fully saturated rings. The van der Waals surface area contributed by atoms with Crippen molar-refractivity contribution in [3.8, 4) is 0 Å². The molecule has 4 heteroatoms. The molecular weight excluding hydrogens is 304 g/mol. The van der Waals surface area contributed by atoms with Crippen LogP contribution in [0.2, 0.25) is 0 Å². The standard InChI is InChI=1S/C19H22N2OS/c1-20-12-10-18(15-6-4-3-5-7-15)16-8-9-19-17(14-16)11-13-21(19)23(2)22/h3-9,11,13-14,18,20H,10,12H2,1-2H3. The molecule has 3 rings (SSSR count). The molecule has 0 bridgehead atoms. The van der Waals surface area contributed by atoms with Crippen LogP contribution in [0.15, 0.2) is 60.8 Å². The average Bonchev–Trinajstić information content (AvgIpc) is 3.00. The van der Waals surface area contributed by atoms with Crippen molar-refractivity contribution in [2.75, 3.05) is 19.8 Å². The predicted octanol–water partition coefficient (Wildman–Crippen LogP) is 3.52. The predicted molar refractivity (Wildman–Crippen MR) is 98.2 cm³/mol. The van der Waals surface area contributed by atoms with Gasteiger partial charge < -0.3 is 5.32 Å². The van der Waals surface area contributed by atoms with E-state index in [1.165, 1.54) is 11.1 Å². The quantitative estimate of drug-likeness (QED) is 0.752. The van der Waals surface area contributed by atoms with E-state index in [9.17, 15) is 4.21 Å². The minimum atomic E-state index is -1.02. The Bertz CT molecular complexity index is 811. The Labute approximate surface area is 139 Å². The topological polar surface area (TPSA) is 34.0 Å². The molecule has 0 radical (unpaired) electrons. The summed E-state index contributed by atoms with van der Waals surface area (Å²) in [4.78, 5) is 0. The molecular formula is C19H22N2OS. The largest absolute Gasteiger partial charge is 0.320 e. The highest BCUT2D eigenvalue weighted by atomic mass is 32.2. The summed E-state index contributed by atoms with van der Waals surface area (Å²) >= 11 is 0. The first kappa shape index (κ1) is 16.0. The lowest BCUT2D eigenvalue weighted by Crippen LogP contribution is -2.13.